The maximum Gasteiger partial charge on any atom is 0.303 e. The van der Waals surface area contributed by atoms with Crippen molar-refractivity contribution in [3.63, 3.8) is 0 Å². The van der Waals surface area contributed by atoms with Crippen molar-refractivity contribution in [2.45, 2.75) is 31.2 Å². The van der Waals surface area contributed by atoms with E-state index in [0.717, 1.165) is 17.5 Å². The molecule has 0 spiro atoms. The molecular formula is C26H22O3. The van der Waals surface area contributed by atoms with Crippen molar-refractivity contribution in [3.8, 4) is 0 Å². The zero-order valence-corrected chi connectivity index (χ0v) is 16.2. The SMILES string of the molecule is CC(=O)O[C@@H](c1ccccc1)[C@]12C=C(c3ccccc3)C[C@H](O1)c1ccccc12. The summed E-state index contributed by atoms with van der Waals surface area (Å²) in [5, 5.41) is 0. The summed E-state index contributed by atoms with van der Waals surface area (Å²) in [6.45, 7) is 1.45. The number of fused-ring (bicyclic) bond motifs is 5. The van der Waals surface area contributed by atoms with Crippen LogP contribution in [0.1, 0.15) is 47.8 Å². The van der Waals surface area contributed by atoms with Crippen LogP contribution in [0.15, 0.2) is 91.0 Å². The molecule has 2 aliphatic rings. The number of benzene rings is 3. The predicted molar refractivity (Wildman–Crippen MR) is 112 cm³/mol. The van der Waals surface area contributed by atoms with E-state index in [4.69, 9.17) is 9.47 Å². The van der Waals surface area contributed by atoms with Gasteiger partial charge in [0.25, 0.3) is 0 Å². The highest BCUT2D eigenvalue weighted by molar-refractivity contribution is 5.72. The molecule has 0 saturated heterocycles. The molecular weight excluding hydrogens is 360 g/mol. The molecule has 0 N–H and O–H groups in total. The van der Waals surface area contributed by atoms with Crippen molar-refractivity contribution in [2.75, 3.05) is 0 Å². The summed E-state index contributed by atoms with van der Waals surface area (Å²) in [6.07, 6.45) is 2.34. The summed E-state index contributed by atoms with van der Waals surface area (Å²) in [4.78, 5) is 12.1. The molecule has 29 heavy (non-hydrogen) atoms. The van der Waals surface area contributed by atoms with Crippen molar-refractivity contribution in [1.29, 1.82) is 0 Å². The molecule has 5 rings (SSSR count). The Morgan fingerprint density at radius 1 is 0.966 bits per heavy atom. The van der Waals surface area contributed by atoms with Crippen LogP contribution in [0.5, 0.6) is 0 Å². The van der Waals surface area contributed by atoms with E-state index < -0.39 is 11.7 Å². The minimum atomic E-state index is -0.849. The lowest BCUT2D eigenvalue weighted by Gasteiger charge is -2.38. The zero-order chi connectivity index (χ0) is 19.8. The lowest BCUT2D eigenvalue weighted by molar-refractivity contribution is -0.172. The summed E-state index contributed by atoms with van der Waals surface area (Å²) in [7, 11) is 0. The van der Waals surface area contributed by atoms with Crippen LogP contribution in [-0.2, 0) is 19.9 Å². The summed E-state index contributed by atoms with van der Waals surface area (Å²) in [6, 6.07) is 28.5. The van der Waals surface area contributed by atoms with Crippen molar-refractivity contribution >= 4 is 11.5 Å². The van der Waals surface area contributed by atoms with Crippen LogP contribution in [0.3, 0.4) is 0 Å². The lowest BCUT2D eigenvalue weighted by Crippen LogP contribution is -2.36. The second-order valence-corrected chi connectivity index (χ2v) is 7.63. The first kappa shape index (κ1) is 17.9. The van der Waals surface area contributed by atoms with Crippen molar-refractivity contribution in [3.05, 3.63) is 113 Å². The maximum atomic E-state index is 12.1. The van der Waals surface area contributed by atoms with E-state index in [1.807, 2.05) is 60.7 Å². The highest BCUT2D eigenvalue weighted by atomic mass is 16.6. The standard InChI is InChI=1S/C26H22O3/c1-18(27)28-25(20-12-6-3-7-13-20)26-17-21(19-10-4-2-5-11-19)16-24(29-26)22-14-8-9-15-23(22)26/h2-15,17,24-25H,16H2,1H3/t24-,25-,26+/m0/s1. The van der Waals surface area contributed by atoms with Gasteiger partial charge in [-0.2, -0.15) is 0 Å². The molecule has 3 heteroatoms. The summed E-state index contributed by atoms with van der Waals surface area (Å²) >= 11 is 0. The van der Waals surface area contributed by atoms with E-state index in [0.29, 0.717) is 0 Å². The minimum Gasteiger partial charge on any atom is -0.454 e. The molecule has 2 aliphatic heterocycles. The second-order valence-electron chi connectivity index (χ2n) is 7.63. The average molecular weight is 382 g/mol. The highest BCUT2D eigenvalue weighted by Gasteiger charge is 2.53. The molecule has 3 atom stereocenters. The van der Waals surface area contributed by atoms with Gasteiger partial charge in [-0.3, -0.25) is 4.79 Å². The fraction of sp³-hybridized carbons (Fsp3) is 0.192. The summed E-state index contributed by atoms with van der Waals surface area (Å²) < 4.78 is 12.6. The molecule has 0 unspecified atom stereocenters. The van der Waals surface area contributed by atoms with Gasteiger partial charge in [0.1, 0.15) is 0 Å². The quantitative estimate of drug-likeness (QED) is 0.539. The Morgan fingerprint density at radius 2 is 1.62 bits per heavy atom. The van der Waals surface area contributed by atoms with Gasteiger partial charge in [0.05, 0.1) is 6.10 Å². The van der Waals surface area contributed by atoms with Gasteiger partial charge in [0.15, 0.2) is 11.7 Å². The van der Waals surface area contributed by atoms with Gasteiger partial charge >= 0.3 is 5.97 Å². The molecule has 0 saturated carbocycles. The number of esters is 1. The molecule has 0 aromatic heterocycles. The van der Waals surface area contributed by atoms with Crippen LogP contribution in [-0.4, -0.2) is 5.97 Å². The first-order chi connectivity index (χ1) is 14.2. The maximum absolute atomic E-state index is 12.1. The van der Waals surface area contributed by atoms with Gasteiger partial charge in [-0.1, -0.05) is 84.9 Å². The van der Waals surface area contributed by atoms with Crippen molar-refractivity contribution < 1.29 is 14.3 Å². The number of hydrogen-bond acceptors (Lipinski definition) is 3. The largest absolute Gasteiger partial charge is 0.454 e. The number of carbonyl (C=O) groups is 1. The van der Waals surface area contributed by atoms with Gasteiger partial charge < -0.3 is 9.47 Å². The van der Waals surface area contributed by atoms with Crippen LogP contribution in [0.25, 0.3) is 5.57 Å². The molecule has 0 radical (unpaired) electrons. The number of hydrogen-bond donors (Lipinski definition) is 0. The lowest BCUT2D eigenvalue weighted by atomic mass is 9.82. The Hall–Kier alpha value is -3.17. The molecule has 0 amide bonds. The first-order valence-corrected chi connectivity index (χ1v) is 9.94. The summed E-state index contributed by atoms with van der Waals surface area (Å²) in [5.74, 6) is -0.321. The Kier molecular flexibility index (Phi) is 4.33. The molecule has 3 aromatic carbocycles. The fourth-order valence-corrected chi connectivity index (χ4v) is 4.61. The molecule has 2 heterocycles. The van der Waals surface area contributed by atoms with Gasteiger partial charge in [0.2, 0.25) is 0 Å². The molecule has 0 aliphatic carbocycles. The Bertz CT molecular complexity index is 1070. The van der Waals surface area contributed by atoms with E-state index in [2.05, 4.69) is 30.3 Å². The Balaban J connectivity index is 1.73. The van der Waals surface area contributed by atoms with Crippen molar-refractivity contribution in [1.82, 2.24) is 0 Å². The normalized spacial score (nSPS) is 23.1. The topological polar surface area (TPSA) is 35.5 Å². The third kappa shape index (κ3) is 2.99. The third-order valence-electron chi connectivity index (χ3n) is 5.78. The Labute approximate surface area is 170 Å². The van der Waals surface area contributed by atoms with E-state index in [1.165, 1.54) is 23.6 Å². The Morgan fingerprint density at radius 3 is 2.34 bits per heavy atom. The van der Waals surface area contributed by atoms with Gasteiger partial charge in [-0.25, -0.2) is 0 Å². The van der Waals surface area contributed by atoms with Crippen LogP contribution < -0.4 is 0 Å². The molecule has 144 valence electrons. The molecule has 2 bridgehead atoms. The number of rotatable bonds is 4. The average Bonchev–Trinajstić information content (AvgIpc) is 3.00. The highest BCUT2D eigenvalue weighted by Crippen LogP contribution is 2.58. The van der Waals surface area contributed by atoms with E-state index in [1.54, 1.807) is 0 Å². The molecule has 0 fully saturated rings. The van der Waals surface area contributed by atoms with Gasteiger partial charge in [-0.05, 0) is 33.9 Å². The fourth-order valence-electron chi connectivity index (χ4n) is 4.61. The predicted octanol–water partition coefficient (Wildman–Crippen LogP) is 5.74. The minimum absolute atomic E-state index is 0.0619. The van der Waals surface area contributed by atoms with Crippen LogP contribution in [0.4, 0.5) is 0 Å². The zero-order valence-electron chi connectivity index (χ0n) is 16.2. The number of carbonyl (C=O) groups excluding carboxylic acids is 1. The van der Waals surface area contributed by atoms with E-state index >= 15 is 0 Å². The van der Waals surface area contributed by atoms with Gasteiger partial charge in [0, 0.05) is 13.3 Å². The smallest absolute Gasteiger partial charge is 0.303 e. The third-order valence-corrected chi connectivity index (χ3v) is 5.78. The van der Waals surface area contributed by atoms with Crippen LogP contribution in [0, 0.1) is 0 Å². The molecule has 3 nitrogen and oxygen atoms in total. The van der Waals surface area contributed by atoms with E-state index in [9.17, 15) is 4.79 Å². The second kappa shape index (κ2) is 7.02. The monoisotopic (exact) mass is 382 g/mol. The first-order valence-electron chi connectivity index (χ1n) is 9.94. The summed E-state index contributed by atoms with van der Waals surface area (Å²) in [5.41, 5.74) is 4.70. The van der Waals surface area contributed by atoms with Crippen molar-refractivity contribution in [2.24, 2.45) is 0 Å². The van der Waals surface area contributed by atoms with Crippen LogP contribution >= 0.6 is 0 Å². The number of ether oxygens (including phenoxy) is 2. The van der Waals surface area contributed by atoms with Gasteiger partial charge in [-0.15, -0.1) is 0 Å². The van der Waals surface area contributed by atoms with E-state index in [-0.39, 0.29) is 12.1 Å². The molecule has 3 aromatic rings. The van der Waals surface area contributed by atoms with Crippen LogP contribution in [0.2, 0.25) is 0 Å².